The van der Waals surface area contributed by atoms with Gasteiger partial charge in [-0.05, 0) is 18.2 Å². The fraction of sp³-hybridized carbons (Fsp3) is 0.286. The van der Waals surface area contributed by atoms with E-state index in [1.165, 1.54) is 4.88 Å². The van der Waals surface area contributed by atoms with Crippen LogP contribution in [0.15, 0.2) is 18.2 Å². The first-order chi connectivity index (χ1) is 10.1. The summed E-state index contributed by atoms with van der Waals surface area (Å²) in [5, 5.41) is 4.58. The Morgan fingerprint density at radius 1 is 1.14 bits per heavy atom. The Hall–Kier alpha value is -0.720. The maximum Gasteiger partial charge on any atom is 0.124 e. The fourth-order valence-corrected chi connectivity index (χ4v) is 4.31. The second-order valence-corrected chi connectivity index (χ2v) is 7.49. The lowest BCUT2D eigenvalue weighted by atomic mass is 10.1. The molecule has 3 rings (SSSR count). The number of hydrogen-bond donors (Lipinski definition) is 1. The third-order valence-corrected chi connectivity index (χ3v) is 5.25. The van der Waals surface area contributed by atoms with Gasteiger partial charge in [0.15, 0.2) is 0 Å². The third-order valence-electron chi connectivity index (χ3n) is 3.04. The van der Waals surface area contributed by atoms with Gasteiger partial charge in [0.25, 0.3) is 0 Å². The average molecular weight is 358 g/mol. The molecule has 1 N–H and O–H groups in total. The first-order valence-electron chi connectivity index (χ1n) is 6.49. The van der Waals surface area contributed by atoms with Gasteiger partial charge in [-0.2, -0.15) is 8.75 Å². The molecule has 110 valence electrons. The van der Waals surface area contributed by atoms with Gasteiger partial charge < -0.3 is 5.32 Å². The molecule has 0 aliphatic rings. The van der Waals surface area contributed by atoms with Crippen molar-refractivity contribution < 1.29 is 0 Å². The summed E-state index contributed by atoms with van der Waals surface area (Å²) >= 11 is 15.4. The van der Waals surface area contributed by atoms with Crippen LogP contribution < -0.4 is 5.32 Å². The van der Waals surface area contributed by atoms with E-state index in [0.717, 1.165) is 39.7 Å². The largest absolute Gasteiger partial charge is 0.310 e. The van der Waals surface area contributed by atoms with E-state index < -0.39 is 0 Å². The Kier molecular flexibility index (Phi) is 4.47. The van der Waals surface area contributed by atoms with Crippen LogP contribution in [0.1, 0.15) is 18.7 Å². The van der Waals surface area contributed by atoms with Gasteiger partial charge in [-0.3, -0.25) is 0 Å². The van der Waals surface area contributed by atoms with Gasteiger partial charge in [-0.15, -0.1) is 11.3 Å². The molecular formula is C14H13Cl2N3S2. The number of hydrogen-bond acceptors (Lipinski definition) is 5. The number of thiophene rings is 1. The van der Waals surface area contributed by atoms with Gasteiger partial charge in [0.2, 0.25) is 0 Å². The highest BCUT2D eigenvalue weighted by Gasteiger charge is 2.17. The summed E-state index contributed by atoms with van der Waals surface area (Å²) in [5.74, 6) is 0. The first kappa shape index (κ1) is 15.2. The Morgan fingerprint density at radius 2 is 1.90 bits per heavy atom. The van der Waals surface area contributed by atoms with E-state index in [2.05, 4.69) is 40.0 Å². The molecule has 0 fully saturated rings. The van der Waals surface area contributed by atoms with Crippen molar-refractivity contribution in [2.75, 3.05) is 0 Å². The van der Waals surface area contributed by atoms with Crippen molar-refractivity contribution in [1.29, 1.82) is 0 Å². The molecule has 0 aliphatic carbocycles. The lowest BCUT2D eigenvalue weighted by molar-refractivity contribution is 0.593. The van der Waals surface area contributed by atoms with Crippen LogP contribution in [-0.2, 0) is 6.54 Å². The van der Waals surface area contributed by atoms with E-state index in [-0.39, 0.29) is 0 Å². The zero-order valence-corrected chi connectivity index (χ0v) is 14.6. The van der Waals surface area contributed by atoms with Crippen molar-refractivity contribution >= 4 is 57.3 Å². The molecule has 0 atom stereocenters. The van der Waals surface area contributed by atoms with Gasteiger partial charge in [-0.25, -0.2) is 0 Å². The van der Waals surface area contributed by atoms with Crippen LogP contribution in [0.5, 0.6) is 0 Å². The monoisotopic (exact) mass is 357 g/mol. The molecule has 0 amide bonds. The Balaban J connectivity index is 2.03. The van der Waals surface area contributed by atoms with Crippen molar-refractivity contribution in [3.8, 4) is 10.4 Å². The molecular weight excluding hydrogens is 345 g/mol. The number of nitrogens with zero attached hydrogens (tertiary/aromatic N) is 2. The predicted molar refractivity (Wildman–Crippen MR) is 92.7 cm³/mol. The Bertz CT molecular complexity index is 780. The first-order valence-corrected chi connectivity index (χ1v) is 8.79. The summed E-state index contributed by atoms with van der Waals surface area (Å²) in [6, 6.07) is 6.40. The maximum absolute atomic E-state index is 6.38. The third kappa shape index (κ3) is 3.07. The molecule has 3 aromatic rings. The molecule has 0 radical (unpaired) electrons. The van der Waals surface area contributed by atoms with Crippen LogP contribution in [0, 0.1) is 0 Å². The van der Waals surface area contributed by atoms with Gasteiger partial charge >= 0.3 is 0 Å². The highest BCUT2D eigenvalue weighted by Crippen LogP contribution is 2.40. The molecule has 21 heavy (non-hydrogen) atoms. The molecule has 0 saturated carbocycles. The van der Waals surface area contributed by atoms with E-state index >= 15 is 0 Å². The zero-order chi connectivity index (χ0) is 15.0. The Morgan fingerprint density at radius 3 is 2.67 bits per heavy atom. The van der Waals surface area contributed by atoms with Gasteiger partial charge in [0, 0.05) is 27.9 Å². The number of fused-ring (bicyclic) bond motifs is 1. The standard InChI is InChI=1S/C14H13Cl2N3S2/c1-7(2)17-6-8-3-4-11(20-8)12-9(15)5-10(16)13-14(12)19-21-18-13/h3-5,7,17H,6H2,1-2H3. The van der Waals surface area contributed by atoms with Crippen LogP contribution in [0.2, 0.25) is 10.0 Å². The smallest absolute Gasteiger partial charge is 0.124 e. The molecule has 0 spiro atoms. The van der Waals surface area contributed by atoms with Gasteiger partial charge in [0.05, 0.1) is 21.8 Å². The molecule has 2 heterocycles. The average Bonchev–Trinajstić information content (AvgIpc) is 3.05. The number of nitrogens with one attached hydrogen (secondary N) is 1. The van der Waals surface area contributed by atoms with Crippen molar-refractivity contribution in [3.05, 3.63) is 33.1 Å². The second kappa shape index (κ2) is 6.18. The molecule has 2 aromatic heterocycles. The van der Waals surface area contributed by atoms with Crippen LogP contribution in [0.25, 0.3) is 21.5 Å². The van der Waals surface area contributed by atoms with Crippen LogP contribution in [0.3, 0.4) is 0 Å². The minimum atomic E-state index is 0.462. The van der Waals surface area contributed by atoms with Gasteiger partial charge in [-0.1, -0.05) is 37.0 Å². The zero-order valence-electron chi connectivity index (χ0n) is 11.5. The summed E-state index contributed by atoms with van der Waals surface area (Å²) < 4.78 is 8.60. The maximum atomic E-state index is 6.38. The quantitative estimate of drug-likeness (QED) is 0.694. The summed E-state index contributed by atoms with van der Waals surface area (Å²) in [6.45, 7) is 5.12. The summed E-state index contributed by atoms with van der Waals surface area (Å²) in [6.07, 6.45) is 0. The van der Waals surface area contributed by atoms with Crippen LogP contribution in [0.4, 0.5) is 0 Å². The molecule has 0 saturated heterocycles. The lowest BCUT2D eigenvalue weighted by Gasteiger charge is -2.06. The van der Waals surface area contributed by atoms with E-state index in [4.69, 9.17) is 23.2 Å². The number of rotatable bonds is 4. The fourth-order valence-electron chi connectivity index (χ4n) is 2.02. The van der Waals surface area contributed by atoms with Gasteiger partial charge in [0.1, 0.15) is 11.0 Å². The summed E-state index contributed by atoms with van der Waals surface area (Å²) in [5.41, 5.74) is 2.42. The summed E-state index contributed by atoms with van der Waals surface area (Å²) in [7, 11) is 0. The van der Waals surface area contributed by atoms with E-state index in [1.54, 1.807) is 17.4 Å². The highest BCUT2D eigenvalue weighted by molar-refractivity contribution is 7.15. The van der Waals surface area contributed by atoms with Crippen LogP contribution in [-0.4, -0.2) is 14.8 Å². The van der Waals surface area contributed by atoms with Crippen molar-refractivity contribution in [2.45, 2.75) is 26.4 Å². The molecule has 3 nitrogen and oxygen atoms in total. The minimum Gasteiger partial charge on any atom is -0.310 e. The lowest BCUT2D eigenvalue weighted by Crippen LogP contribution is -2.21. The number of halogens is 2. The molecule has 7 heteroatoms. The normalized spacial score (nSPS) is 11.7. The number of benzene rings is 1. The highest BCUT2D eigenvalue weighted by atomic mass is 35.5. The van der Waals surface area contributed by atoms with E-state index in [9.17, 15) is 0 Å². The number of aromatic nitrogens is 2. The van der Waals surface area contributed by atoms with Crippen LogP contribution >= 0.6 is 46.3 Å². The Labute approximate surface area is 141 Å². The topological polar surface area (TPSA) is 37.8 Å². The molecule has 0 bridgehead atoms. The molecule has 0 aliphatic heterocycles. The van der Waals surface area contributed by atoms with Crippen molar-refractivity contribution in [1.82, 2.24) is 14.1 Å². The van der Waals surface area contributed by atoms with Crippen molar-refractivity contribution in [3.63, 3.8) is 0 Å². The molecule has 1 aromatic carbocycles. The minimum absolute atomic E-state index is 0.462. The second-order valence-electron chi connectivity index (χ2n) is 4.98. The van der Waals surface area contributed by atoms with E-state index in [1.807, 2.05) is 0 Å². The van der Waals surface area contributed by atoms with E-state index in [0.29, 0.717) is 16.1 Å². The summed E-state index contributed by atoms with van der Waals surface area (Å²) in [4.78, 5) is 2.36. The predicted octanol–water partition coefficient (Wildman–Crippen LogP) is 5.22. The SMILES string of the molecule is CC(C)NCc1ccc(-c2c(Cl)cc(Cl)c3nsnc23)s1. The molecule has 0 unspecified atom stereocenters. The van der Waals surface area contributed by atoms with Crippen molar-refractivity contribution in [2.24, 2.45) is 0 Å².